The number of nitrogens with zero attached hydrogens (tertiary/aromatic N) is 5. The van der Waals surface area contributed by atoms with Gasteiger partial charge in [0.2, 0.25) is 0 Å². The highest BCUT2D eigenvalue weighted by atomic mass is 35.5. The first kappa shape index (κ1) is 18.4. The zero-order valence-corrected chi connectivity index (χ0v) is 17.7. The lowest BCUT2D eigenvalue weighted by Crippen LogP contribution is -2.00. The topological polar surface area (TPSA) is 57.2 Å². The van der Waals surface area contributed by atoms with Crippen LogP contribution in [-0.2, 0) is 6.42 Å². The van der Waals surface area contributed by atoms with Gasteiger partial charge in [-0.3, -0.25) is 8.97 Å². The summed E-state index contributed by atoms with van der Waals surface area (Å²) in [5.41, 5.74) is 5.13. The number of ether oxygens (including phenoxy) is 1. The van der Waals surface area contributed by atoms with Crippen molar-refractivity contribution in [2.75, 3.05) is 6.61 Å². The van der Waals surface area contributed by atoms with Gasteiger partial charge in [-0.2, -0.15) is 0 Å². The van der Waals surface area contributed by atoms with Gasteiger partial charge in [0.05, 0.1) is 11.6 Å². The molecule has 4 heterocycles. The first-order valence-electron chi connectivity index (χ1n) is 9.78. The third-order valence-electron chi connectivity index (χ3n) is 5.42. The number of aromatic nitrogens is 5. The van der Waals surface area contributed by atoms with Crippen molar-refractivity contribution in [1.29, 1.82) is 0 Å². The number of benzene rings is 2. The predicted molar refractivity (Wildman–Crippen MR) is 120 cm³/mol. The summed E-state index contributed by atoms with van der Waals surface area (Å²) in [5.74, 6) is 1.59. The highest BCUT2D eigenvalue weighted by molar-refractivity contribution is 6.35. The molecule has 0 amide bonds. The number of imidazole rings is 1. The SMILES string of the molecule is Clc1ccc(Cl)c(-c2nc3ccccn3c2-c2nncn2-c2ccc3c(c2)CCO3)c1. The van der Waals surface area contributed by atoms with Crippen molar-refractivity contribution in [3.63, 3.8) is 0 Å². The summed E-state index contributed by atoms with van der Waals surface area (Å²) in [6, 6.07) is 17.3. The van der Waals surface area contributed by atoms with Crippen LogP contribution in [0.25, 0.3) is 34.1 Å². The van der Waals surface area contributed by atoms with E-state index in [1.54, 1.807) is 18.5 Å². The summed E-state index contributed by atoms with van der Waals surface area (Å²) >= 11 is 12.8. The lowest BCUT2D eigenvalue weighted by molar-refractivity contribution is 0.357. The number of hydrogen-bond acceptors (Lipinski definition) is 4. The zero-order valence-electron chi connectivity index (χ0n) is 16.2. The molecule has 0 atom stereocenters. The quantitative estimate of drug-likeness (QED) is 0.366. The number of hydrogen-bond donors (Lipinski definition) is 0. The fraction of sp³-hybridized carbons (Fsp3) is 0.0870. The van der Waals surface area contributed by atoms with Crippen molar-refractivity contribution in [1.82, 2.24) is 24.1 Å². The average molecular weight is 448 g/mol. The third kappa shape index (κ3) is 2.99. The molecule has 8 heteroatoms. The van der Waals surface area contributed by atoms with Gasteiger partial charge in [-0.1, -0.05) is 29.3 Å². The Morgan fingerprint density at radius 1 is 1.00 bits per heavy atom. The second-order valence-corrected chi connectivity index (χ2v) is 8.12. The Hall–Kier alpha value is -3.35. The molecular weight excluding hydrogens is 433 g/mol. The van der Waals surface area contributed by atoms with Crippen molar-refractivity contribution in [3.8, 4) is 34.2 Å². The van der Waals surface area contributed by atoms with Crippen LogP contribution in [0.15, 0.2) is 67.1 Å². The van der Waals surface area contributed by atoms with Gasteiger partial charge in [-0.25, -0.2) is 4.98 Å². The second kappa shape index (κ2) is 7.11. The first-order chi connectivity index (χ1) is 15.2. The van der Waals surface area contributed by atoms with E-state index in [9.17, 15) is 0 Å². The van der Waals surface area contributed by atoms with Gasteiger partial charge in [0.25, 0.3) is 0 Å². The van der Waals surface area contributed by atoms with Crippen LogP contribution in [-0.4, -0.2) is 30.8 Å². The Morgan fingerprint density at radius 3 is 2.87 bits per heavy atom. The van der Waals surface area contributed by atoms with Crippen LogP contribution in [0.5, 0.6) is 5.75 Å². The van der Waals surface area contributed by atoms with Crippen LogP contribution < -0.4 is 4.74 Å². The van der Waals surface area contributed by atoms with Gasteiger partial charge in [0.15, 0.2) is 5.82 Å². The predicted octanol–water partition coefficient (Wildman–Crippen LogP) is 5.49. The fourth-order valence-corrected chi connectivity index (χ4v) is 4.36. The van der Waals surface area contributed by atoms with E-state index in [0.29, 0.717) is 28.2 Å². The van der Waals surface area contributed by atoms with E-state index in [-0.39, 0.29) is 0 Å². The highest BCUT2D eigenvalue weighted by Crippen LogP contribution is 2.38. The molecule has 0 N–H and O–H groups in total. The lowest BCUT2D eigenvalue weighted by Gasteiger charge is -2.10. The molecule has 0 fully saturated rings. The van der Waals surface area contributed by atoms with Gasteiger partial charge >= 0.3 is 0 Å². The molecule has 31 heavy (non-hydrogen) atoms. The van der Waals surface area contributed by atoms with E-state index in [1.807, 2.05) is 51.6 Å². The molecular formula is C23H15Cl2N5O. The molecule has 0 bridgehead atoms. The van der Waals surface area contributed by atoms with Crippen molar-refractivity contribution < 1.29 is 4.74 Å². The van der Waals surface area contributed by atoms with Crippen molar-refractivity contribution in [2.24, 2.45) is 0 Å². The van der Waals surface area contributed by atoms with Gasteiger partial charge in [-0.15, -0.1) is 10.2 Å². The van der Waals surface area contributed by atoms with Gasteiger partial charge in [0, 0.05) is 28.9 Å². The Bertz CT molecular complexity index is 1460. The Kier molecular flexibility index (Phi) is 4.23. The molecule has 0 spiro atoms. The van der Waals surface area contributed by atoms with Gasteiger partial charge in [0.1, 0.15) is 29.1 Å². The van der Waals surface area contributed by atoms with Crippen molar-refractivity contribution in [2.45, 2.75) is 6.42 Å². The molecule has 0 aliphatic carbocycles. The van der Waals surface area contributed by atoms with Crippen LogP contribution in [0.4, 0.5) is 0 Å². The van der Waals surface area contributed by atoms with E-state index >= 15 is 0 Å². The molecule has 5 aromatic rings. The maximum atomic E-state index is 6.55. The van der Waals surface area contributed by atoms with E-state index in [2.05, 4.69) is 16.3 Å². The molecule has 3 aromatic heterocycles. The van der Waals surface area contributed by atoms with Crippen LogP contribution >= 0.6 is 23.2 Å². The first-order valence-corrected chi connectivity index (χ1v) is 10.5. The summed E-state index contributed by atoms with van der Waals surface area (Å²) in [4.78, 5) is 4.85. The van der Waals surface area contributed by atoms with Crippen LogP contribution in [0.3, 0.4) is 0 Å². The molecule has 1 aliphatic heterocycles. The van der Waals surface area contributed by atoms with Gasteiger partial charge < -0.3 is 4.74 Å². The molecule has 2 aromatic carbocycles. The summed E-state index contributed by atoms with van der Waals surface area (Å²) in [5, 5.41) is 9.82. The number of pyridine rings is 1. The smallest absolute Gasteiger partial charge is 0.187 e. The highest BCUT2D eigenvalue weighted by Gasteiger charge is 2.23. The number of rotatable bonds is 3. The molecule has 0 saturated heterocycles. The van der Waals surface area contributed by atoms with Gasteiger partial charge in [-0.05, 0) is 54.1 Å². The van der Waals surface area contributed by atoms with E-state index in [1.165, 1.54) is 5.56 Å². The van der Waals surface area contributed by atoms with E-state index in [4.69, 9.17) is 32.9 Å². The van der Waals surface area contributed by atoms with E-state index in [0.717, 1.165) is 34.8 Å². The monoisotopic (exact) mass is 447 g/mol. The Morgan fingerprint density at radius 2 is 1.94 bits per heavy atom. The average Bonchev–Trinajstić information content (AvgIpc) is 3.52. The summed E-state index contributed by atoms with van der Waals surface area (Å²) in [7, 11) is 0. The molecule has 1 aliphatic rings. The molecule has 0 saturated carbocycles. The lowest BCUT2D eigenvalue weighted by atomic mass is 10.1. The molecule has 0 unspecified atom stereocenters. The largest absolute Gasteiger partial charge is 0.493 e. The normalized spacial score (nSPS) is 12.8. The standard InChI is InChI=1S/C23H15Cl2N5O/c24-15-4-6-18(25)17(12-15)21-22(29-9-2-1-3-20(29)27-21)23-28-26-13-30(23)16-5-7-19-14(11-16)8-10-31-19/h1-7,9,11-13H,8,10H2. The Labute approximate surface area is 187 Å². The summed E-state index contributed by atoms with van der Waals surface area (Å²) in [6.07, 6.45) is 4.55. The maximum absolute atomic E-state index is 6.55. The second-order valence-electron chi connectivity index (χ2n) is 7.28. The summed E-state index contributed by atoms with van der Waals surface area (Å²) < 4.78 is 9.60. The minimum atomic E-state index is 0.565. The van der Waals surface area contributed by atoms with Crippen LogP contribution in [0, 0.1) is 0 Å². The molecule has 152 valence electrons. The van der Waals surface area contributed by atoms with E-state index < -0.39 is 0 Å². The van der Waals surface area contributed by atoms with Crippen molar-refractivity contribution in [3.05, 3.63) is 82.7 Å². The van der Waals surface area contributed by atoms with Crippen LogP contribution in [0.1, 0.15) is 5.56 Å². The minimum Gasteiger partial charge on any atom is -0.493 e. The molecule has 0 radical (unpaired) electrons. The van der Waals surface area contributed by atoms with Crippen molar-refractivity contribution >= 4 is 28.8 Å². The maximum Gasteiger partial charge on any atom is 0.187 e. The number of fused-ring (bicyclic) bond motifs is 2. The Balaban J connectivity index is 1.62. The third-order valence-corrected chi connectivity index (χ3v) is 5.99. The molecule has 6 rings (SSSR count). The van der Waals surface area contributed by atoms with Crippen LogP contribution in [0.2, 0.25) is 10.0 Å². The fourth-order valence-electron chi connectivity index (χ4n) is 3.98. The zero-order chi connectivity index (χ0) is 20.9. The number of halogens is 2. The molecule has 6 nitrogen and oxygen atoms in total. The minimum absolute atomic E-state index is 0.565. The summed E-state index contributed by atoms with van der Waals surface area (Å²) in [6.45, 7) is 0.707.